The summed E-state index contributed by atoms with van der Waals surface area (Å²) < 4.78 is 23.6. The summed E-state index contributed by atoms with van der Waals surface area (Å²) in [5, 5.41) is 8.96. The van der Waals surface area contributed by atoms with Crippen molar-refractivity contribution in [3.8, 4) is 11.5 Å². The predicted octanol–water partition coefficient (Wildman–Crippen LogP) is 3.11. The maximum absolute atomic E-state index is 13.0. The number of ether oxygens (including phenoxy) is 2. The largest absolute Gasteiger partial charge is 0.496 e. The average molecular weight is 276 g/mol. The topological polar surface area (TPSA) is 55.8 Å². The number of carboxylic acids is 1. The molecule has 104 valence electrons. The lowest BCUT2D eigenvalue weighted by Gasteiger charge is -2.11. The minimum atomic E-state index is -1.03. The van der Waals surface area contributed by atoms with E-state index in [9.17, 15) is 9.18 Å². The van der Waals surface area contributed by atoms with Gasteiger partial charge in [-0.2, -0.15) is 0 Å². The number of hydrogen-bond donors (Lipinski definition) is 1. The van der Waals surface area contributed by atoms with E-state index in [1.807, 2.05) is 0 Å². The quantitative estimate of drug-likeness (QED) is 0.911. The number of benzene rings is 2. The molecule has 0 spiro atoms. The van der Waals surface area contributed by atoms with Crippen LogP contribution < -0.4 is 9.47 Å². The van der Waals surface area contributed by atoms with Crippen molar-refractivity contribution in [3.63, 3.8) is 0 Å². The second-order valence-electron chi connectivity index (χ2n) is 4.08. The molecule has 0 aliphatic heterocycles. The SMILES string of the molecule is COc1ccc(C(=O)O)cc1COc1cccc(F)c1. The molecule has 0 aliphatic carbocycles. The standard InChI is InChI=1S/C15H13FO4/c1-19-14-6-5-10(15(17)18)7-11(14)9-20-13-4-2-3-12(16)8-13/h2-8H,9H2,1H3,(H,17,18). The van der Waals surface area contributed by atoms with Gasteiger partial charge in [0.05, 0.1) is 12.7 Å². The molecule has 1 N–H and O–H groups in total. The van der Waals surface area contributed by atoms with Crippen LogP contribution in [0.1, 0.15) is 15.9 Å². The zero-order valence-corrected chi connectivity index (χ0v) is 10.8. The van der Waals surface area contributed by atoms with Crippen LogP contribution in [0.2, 0.25) is 0 Å². The van der Waals surface area contributed by atoms with Crippen LogP contribution in [0.3, 0.4) is 0 Å². The summed E-state index contributed by atoms with van der Waals surface area (Å²) in [4.78, 5) is 10.9. The average Bonchev–Trinajstić information content (AvgIpc) is 2.44. The molecule has 0 heterocycles. The number of methoxy groups -OCH3 is 1. The Morgan fingerprint density at radius 1 is 1.25 bits per heavy atom. The Bertz CT molecular complexity index is 625. The van der Waals surface area contributed by atoms with Gasteiger partial charge in [0.1, 0.15) is 23.9 Å². The van der Waals surface area contributed by atoms with Gasteiger partial charge >= 0.3 is 5.97 Å². The van der Waals surface area contributed by atoms with E-state index >= 15 is 0 Å². The highest BCUT2D eigenvalue weighted by Crippen LogP contribution is 2.22. The fourth-order valence-corrected chi connectivity index (χ4v) is 1.74. The third-order valence-corrected chi connectivity index (χ3v) is 2.72. The molecule has 0 unspecified atom stereocenters. The van der Waals surface area contributed by atoms with Gasteiger partial charge in [0.15, 0.2) is 0 Å². The summed E-state index contributed by atoms with van der Waals surface area (Å²) in [6.07, 6.45) is 0. The molecule has 2 aromatic rings. The van der Waals surface area contributed by atoms with Gasteiger partial charge in [-0.15, -0.1) is 0 Å². The van der Waals surface area contributed by atoms with Gasteiger partial charge in [0, 0.05) is 11.6 Å². The molecular weight excluding hydrogens is 263 g/mol. The Morgan fingerprint density at radius 3 is 2.70 bits per heavy atom. The van der Waals surface area contributed by atoms with Crippen molar-refractivity contribution in [1.29, 1.82) is 0 Å². The maximum atomic E-state index is 13.0. The Hall–Kier alpha value is -2.56. The number of rotatable bonds is 5. The molecule has 4 nitrogen and oxygen atoms in total. The fraction of sp³-hybridized carbons (Fsp3) is 0.133. The van der Waals surface area contributed by atoms with Gasteiger partial charge in [-0.25, -0.2) is 9.18 Å². The van der Waals surface area contributed by atoms with Crippen molar-refractivity contribution >= 4 is 5.97 Å². The Labute approximate surface area is 115 Å². The van der Waals surface area contributed by atoms with Crippen LogP contribution in [0, 0.1) is 5.82 Å². The molecule has 0 bridgehead atoms. The maximum Gasteiger partial charge on any atom is 0.335 e. The number of carboxylic acid groups (broad SMARTS) is 1. The number of carbonyl (C=O) groups is 1. The highest BCUT2D eigenvalue weighted by Gasteiger charge is 2.09. The molecular formula is C15H13FO4. The zero-order valence-electron chi connectivity index (χ0n) is 10.8. The molecule has 0 fully saturated rings. The van der Waals surface area contributed by atoms with E-state index in [2.05, 4.69) is 0 Å². The minimum Gasteiger partial charge on any atom is -0.496 e. The van der Waals surface area contributed by atoms with Gasteiger partial charge in [-0.3, -0.25) is 0 Å². The van der Waals surface area contributed by atoms with E-state index < -0.39 is 11.8 Å². The molecule has 0 radical (unpaired) electrons. The fourth-order valence-electron chi connectivity index (χ4n) is 1.74. The lowest BCUT2D eigenvalue weighted by molar-refractivity contribution is 0.0696. The first kappa shape index (κ1) is 13.9. The van der Waals surface area contributed by atoms with Gasteiger partial charge in [0.2, 0.25) is 0 Å². The smallest absolute Gasteiger partial charge is 0.335 e. The molecule has 2 aromatic carbocycles. The number of aromatic carboxylic acids is 1. The van der Waals surface area contributed by atoms with Crippen LogP contribution in [0.15, 0.2) is 42.5 Å². The van der Waals surface area contributed by atoms with E-state index in [1.54, 1.807) is 12.1 Å². The van der Waals surface area contributed by atoms with E-state index in [-0.39, 0.29) is 12.2 Å². The van der Waals surface area contributed by atoms with E-state index in [4.69, 9.17) is 14.6 Å². The second kappa shape index (κ2) is 6.06. The van der Waals surface area contributed by atoms with Crippen molar-refractivity contribution in [2.24, 2.45) is 0 Å². The van der Waals surface area contributed by atoms with Crippen molar-refractivity contribution in [3.05, 3.63) is 59.4 Å². The van der Waals surface area contributed by atoms with Crippen LogP contribution in [-0.2, 0) is 6.61 Å². The minimum absolute atomic E-state index is 0.0910. The summed E-state index contributed by atoms with van der Waals surface area (Å²) in [6, 6.07) is 10.2. The van der Waals surface area contributed by atoms with Crippen LogP contribution in [0.4, 0.5) is 4.39 Å². The van der Waals surface area contributed by atoms with E-state index in [1.165, 1.54) is 37.4 Å². The lowest BCUT2D eigenvalue weighted by Crippen LogP contribution is -2.03. The molecule has 2 rings (SSSR count). The number of hydrogen-bond acceptors (Lipinski definition) is 3. The van der Waals surface area contributed by atoms with Crippen molar-refractivity contribution < 1.29 is 23.8 Å². The third kappa shape index (κ3) is 3.26. The summed E-state index contributed by atoms with van der Waals surface area (Å²) in [5.41, 5.74) is 0.723. The first-order valence-corrected chi connectivity index (χ1v) is 5.88. The highest BCUT2D eigenvalue weighted by atomic mass is 19.1. The van der Waals surface area contributed by atoms with Gasteiger partial charge in [-0.05, 0) is 30.3 Å². The molecule has 5 heteroatoms. The number of halogens is 1. The Kier molecular flexibility index (Phi) is 4.20. The van der Waals surface area contributed by atoms with Crippen molar-refractivity contribution in [1.82, 2.24) is 0 Å². The van der Waals surface area contributed by atoms with Gasteiger partial charge in [-0.1, -0.05) is 6.07 Å². The van der Waals surface area contributed by atoms with Gasteiger partial charge < -0.3 is 14.6 Å². The summed E-state index contributed by atoms with van der Waals surface area (Å²) in [7, 11) is 1.49. The lowest BCUT2D eigenvalue weighted by atomic mass is 10.1. The summed E-state index contributed by atoms with van der Waals surface area (Å²) in [6.45, 7) is 0.0910. The molecule has 0 amide bonds. The first-order chi connectivity index (χ1) is 9.60. The first-order valence-electron chi connectivity index (χ1n) is 5.88. The molecule has 0 aliphatic rings. The summed E-state index contributed by atoms with van der Waals surface area (Å²) >= 11 is 0. The van der Waals surface area contributed by atoms with Crippen LogP contribution >= 0.6 is 0 Å². The van der Waals surface area contributed by atoms with E-state index in [0.29, 0.717) is 17.1 Å². The molecule has 0 saturated heterocycles. The predicted molar refractivity (Wildman–Crippen MR) is 70.7 cm³/mol. The van der Waals surface area contributed by atoms with Crippen LogP contribution in [-0.4, -0.2) is 18.2 Å². The molecule has 0 aromatic heterocycles. The van der Waals surface area contributed by atoms with E-state index in [0.717, 1.165) is 0 Å². The third-order valence-electron chi connectivity index (χ3n) is 2.72. The monoisotopic (exact) mass is 276 g/mol. The van der Waals surface area contributed by atoms with Crippen LogP contribution in [0.25, 0.3) is 0 Å². The molecule has 20 heavy (non-hydrogen) atoms. The van der Waals surface area contributed by atoms with Crippen LogP contribution in [0.5, 0.6) is 11.5 Å². The highest BCUT2D eigenvalue weighted by molar-refractivity contribution is 5.88. The van der Waals surface area contributed by atoms with Crippen molar-refractivity contribution in [2.75, 3.05) is 7.11 Å². The second-order valence-corrected chi connectivity index (χ2v) is 4.08. The zero-order chi connectivity index (χ0) is 14.5. The Morgan fingerprint density at radius 2 is 2.05 bits per heavy atom. The molecule has 0 saturated carbocycles. The van der Waals surface area contributed by atoms with Crippen molar-refractivity contribution in [2.45, 2.75) is 6.61 Å². The molecule has 0 atom stereocenters. The normalized spacial score (nSPS) is 10.1. The Balaban J connectivity index is 2.19. The van der Waals surface area contributed by atoms with Gasteiger partial charge in [0.25, 0.3) is 0 Å². The summed E-state index contributed by atoms with van der Waals surface area (Å²) in [5.74, 6) is -0.535.